The molecule has 0 fully saturated rings. The van der Waals surface area contributed by atoms with Crippen molar-refractivity contribution in [2.75, 3.05) is 0 Å². The van der Waals surface area contributed by atoms with E-state index in [1.54, 1.807) is 26.0 Å². The number of carboxylic acid groups (broad SMARTS) is 1. The zero-order valence-electron chi connectivity index (χ0n) is 6.09. The van der Waals surface area contributed by atoms with Crippen molar-refractivity contribution >= 4 is 5.97 Å². The molecule has 56 valence electrons. The summed E-state index contributed by atoms with van der Waals surface area (Å²) < 4.78 is 0. The summed E-state index contributed by atoms with van der Waals surface area (Å²) in [4.78, 5) is 10.2. The van der Waals surface area contributed by atoms with Crippen LogP contribution in [-0.2, 0) is 4.79 Å². The van der Waals surface area contributed by atoms with Gasteiger partial charge in [-0.2, -0.15) is 0 Å². The van der Waals surface area contributed by atoms with Gasteiger partial charge in [-0.1, -0.05) is 12.2 Å². The Morgan fingerprint density at radius 3 is 2.40 bits per heavy atom. The van der Waals surface area contributed by atoms with E-state index in [9.17, 15) is 4.79 Å². The fraction of sp³-hybridized carbons (Fsp3) is 0.286. The number of carbonyl (C=O) groups is 1. The molecule has 0 aliphatic carbocycles. The number of rotatable bonds is 2. The lowest BCUT2D eigenvalue weighted by Crippen LogP contribution is -2.11. The quantitative estimate of drug-likeness (QED) is 0.443. The van der Waals surface area contributed by atoms with Crippen LogP contribution in [0.5, 0.6) is 0 Å². The van der Waals surface area contributed by atoms with E-state index in [4.69, 9.17) is 10.8 Å². The van der Waals surface area contributed by atoms with Crippen molar-refractivity contribution in [3.8, 4) is 0 Å². The standard InChI is InChI=1S/C7H11NO2/c1-3-4-5(2)6(8)7(9)10/h3-4H,8H2,1-2H3,(H,9,10)/b4-3+,6-5-. The van der Waals surface area contributed by atoms with Gasteiger partial charge in [-0.15, -0.1) is 0 Å². The predicted octanol–water partition coefficient (Wildman–Crippen LogP) is 0.880. The summed E-state index contributed by atoms with van der Waals surface area (Å²) in [5, 5.41) is 8.36. The molecule has 0 aromatic rings. The van der Waals surface area contributed by atoms with E-state index in [0.717, 1.165) is 0 Å². The zero-order chi connectivity index (χ0) is 8.15. The Morgan fingerprint density at radius 1 is 1.60 bits per heavy atom. The fourth-order valence-electron chi connectivity index (χ4n) is 0.508. The third-order valence-corrected chi connectivity index (χ3v) is 1.07. The van der Waals surface area contributed by atoms with E-state index in [0.29, 0.717) is 5.57 Å². The first-order valence-electron chi connectivity index (χ1n) is 2.92. The van der Waals surface area contributed by atoms with Crippen LogP contribution < -0.4 is 5.73 Å². The lowest BCUT2D eigenvalue weighted by molar-refractivity contribution is -0.132. The monoisotopic (exact) mass is 141 g/mol. The largest absolute Gasteiger partial charge is 0.477 e. The number of aliphatic carboxylic acids is 1. The summed E-state index contributed by atoms with van der Waals surface area (Å²) in [6.07, 6.45) is 3.40. The Labute approximate surface area is 59.8 Å². The van der Waals surface area contributed by atoms with Crippen LogP contribution in [0.2, 0.25) is 0 Å². The lowest BCUT2D eigenvalue weighted by atomic mass is 10.2. The highest BCUT2D eigenvalue weighted by Gasteiger charge is 2.02. The van der Waals surface area contributed by atoms with E-state index in [1.807, 2.05) is 0 Å². The number of nitrogens with two attached hydrogens (primary N) is 1. The van der Waals surface area contributed by atoms with E-state index in [1.165, 1.54) is 0 Å². The summed E-state index contributed by atoms with van der Waals surface area (Å²) in [7, 11) is 0. The minimum atomic E-state index is -1.07. The zero-order valence-corrected chi connectivity index (χ0v) is 6.09. The average Bonchev–Trinajstić information content (AvgIpc) is 1.87. The second kappa shape index (κ2) is 3.71. The van der Waals surface area contributed by atoms with Gasteiger partial charge in [-0.3, -0.25) is 0 Å². The Kier molecular flexibility index (Phi) is 3.25. The van der Waals surface area contributed by atoms with Gasteiger partial charge in [-0.25, -0.2) is 4.79 Å². The summed E-state index contributed by atoms with van der Waals surface area (Å²) in [6, 6.07) is 0. The third kappa shape index (κ3) is 2.35. The topological polar surface area (TPSA) is 63.3 Å². The normalized spacial score (nSPS) is 13.4. The highest BCUT2D eigenvalue weighted by molar-refractivity contribution is 5.86. The molecule has 0 unspecified atom stereocenters. The second-order valence-electron chi connectivity index (χ2n) is 1.90. The van der Waals surface area contributed by atoms with Gasteiger partial charge in [0.15, 0.2) is 0 Å². The third-order valence-electron chi connectivity index (χ3n) is 1.07. The molecule has 0 rings (SSSR count). The van der Waals surface area contributed by atoms with Crippen molar-refractivity contribution in [2.24, 2.45) is 5.73 Å². The number of hydrogen-bond donors (Lipinski definition) is 2. The van der Waals surface area contributed by atoms with Crippen molar-refractivity contribution in [1.82, 2.24) is 0 Å². The van der Waals surface area contributed by atoms with Crippen molar-refractivity contribution in [1.29, 1.82) is 0 Å². The summed E-state index contributed by atoms with van der Waals surface area (Å²) >= 11 is 0. The SMILES string of the molecule is C/C=C/C(C)=C(\N)C(=O)O. The van der Waals surface area contributed by atoms with Crippen molar-refractivity contribution < 1.29 is 9.90 Å². The number of hydrogen-bond acceptors (Lipinski definition) is 2. The van der Waals surface area contributed by atoms with Crippen LogP contribution in [0.3, 0.4) is 0 Å². The first-order chi connectivity index (χ1) is 4.59. The molecule has 0 heterocycles. The molecule has 3 heteroatoms. The van der Waals surface area contributed by atoms with Gasteiger partial charge in [-0.05, 0) is 19.4 Å². The molecule has 0 aliphatic heterocycles. The van der Waals surface area contributed by atoms with Crippen LogP contribution in [0, 0.1) is 0 Å². The maximum Gasteiger partial charge on any atom is 0.352 e. The average molecular weight is 141 g/mol. The fourth-order valence-corrected chi connectivity index (χ4v) is 0.508. The van der Waals surface area contributed by atoms with Gasteiger partial charge < -0.3 is 10.8 Å². The first-order valence-corrected chi connectivity index (χ1v) is 2.92. The van der Waals surface area contributed by atoms with Gasteiger partial charge in [0.2, 0.25) is 0 Å². The molecule has 0 atom stereocenters. The minimum Gasteiger partial charge on any atom is -0.477 e. The molecular formula is C7H11NO2. The number of carboxylic acids is 1. The highest BCUT2D eigenvalue weighted by atomic mass is 16.4. The molecule has 0 spiro atoms. The van der Waals surface area contributed by atoms with Gasteiger partial charge in [0, 0.05) is 0 Å². The maximum absolute atomic E-state index is 10.2. The Balaban J connectivity index is 4.50. The first kappa shape index (κ1) is 8.75. The van der Waals surface area contributed by atoms with Crippen molar-refractivity contribution in [3.05, 3.63) is 23.4 Å². The molecule has 0 aromatic heterocycles. The molecular weight excluding hydrogens is 130 g/mol. The Hall–Kier alpha value is -1.25. The molecule has 0 bridgehead atoms. The number of allylic oxidation sites excluding steroid dienone is 3. The molecule has 3 N–H and O–H groups in total. The van der Waals surface area contributed by atoms with E-state index in [-0.39, 0.29) is 5.70 Å². The van der Waals surface area contributed by atoms with Crippen LogP contribution in [0.15, 0.2) is 23.4 Å². The van der Waals surface area contributed by atoms with Gasteiger partial charge in [0.05, 0.1) is 0 Å². The summed E-state index contributed by atoms with van der Waals surface area (Å²) in [5.74, 6) is -1.07. The molecule has 3 nitrogen and oxygen atoms in total. The molecule has 0 radical (unpaired) electrons. The van der Waals surface area contributed by atoms with Crippen LogP contribution in [0.1, 0.15) is 13.8 Å². The lowest BCUT2D eigenvalue weighted by Gasteiger charge is -1.95. The van der Waals surface area contributed by atoms with Gasteiger partial charge in [0.25, 0.3) is 0 Å². The molecule has 0 saturated heterocycles. The van der Waals surface area contributed by atoms with Gasteiger partial charge >= 0.3 is 5.97 Å². The van der Waals surface area contributed by atoms with E-state index >= 15 is 0 Å². The van der Waals surface area contributed by atoms with Crippen LogP contribution in [-0.4, -0.2) is 11.1 Å². The Morgan fingerprint density at radius 2 is 2.10 bits per heavy atom. The summed E-state index contributed by atoms with van der Waals surface area (Å²) in [6.45, 7) is 3.46. The highest BCUT2D eigenvalue weighted by Crippen LogP contribution is 1.98. The minimum absolute atomic E-state index is 0.0990. The maximum atomic E-state index is 10.2. The molecule has 0 aliphatic rings. The van der Waals surface area contributed by atoms with E-state index < -0.39 is 5.97 Å². The Bertz CT molecular complexity index is 192. The van der Waals surface area contributed by atoms with E-state index in [2.05, 4.69) is 0 Å². The van der Waals surface area contributed by atoms with Crippen LogP contribution in [0.4, 0.5) is 0 Å². The van der Waals surface area contributed by atoms with Crippen molar-refractivity contribution in [3.63, 3.8) is 0 Å². The van der Waals surface area contributed by atoms with Gasteiger partial charge in [0.1, 0.15) is 5.70 Å². The molecule has 0 saturated carbocycles. The predicted molar refractivity (Wildman–Crippen MR) is 39.3 cm³/mol. The van der Waals surface area contributed by atoms with Crippen LogP contribution in [0.25, 0.3) is 0 Å². The molecule has 0 amide bonds. The smallest absolute Gasteiger partial charge is 0.352 e. The molecule has 0 aromatic carbocycles. The summed E-state index contributed by atoms with van der Waals surface area (Å²) in [5.41, 5.74) is 5.65. The second-order valence-corrected chi connectivity index (χ2v) is 1.90. The van der Waals surface area contributed by atoms with Crippen molar-refractivity contribution in [2.45, 2.75) is 13.8 Å². The van der Waals surface area contributed by atoms with Crippen LogP contribution >= 0.6 is 0 Å². The molecule has 10 heavy (non-hydrogen) atoms.